The number of likely N-dealkylation sites (N-methyl/N-ethyl adjacent to an activating group) is 1. The third-order valence-corrected chi connectivity index (χ3v) is 8.39. The van der Waals surface area contributed by atoms with Gasteiger partial charge in [-0.15, -0.1) is 0 Å². The lowest BCUT2D eigenvalue weighted by molar-refractivity contribution is -0.126. The molecule has 36 heavy (non-hydrogen) atoms. The fraction of sp³-hybridized carbons (Fsp3) is 0.500. The van der Waals surface area contributed by atoms with Gasteiger partial charge in [0.2, 0.25) is 11.6 Å². The fourth-order valence-electron chi connectivity index (χ4n) is 6.79. The van der Waals surface area contributed by atoms with Crippen molar-refractivity contribution in [1.82, 2.24) is 9.80 Å². The first-order valence-electron chi connectivity index (χ1n) is 11.8. The Morgan fingerprint density at radius 2 is 1.39 bits per heavy atom. The first-order chi connectivity index (χ1) is 17.1. The van der Waals surface area contributed by atoms with E-state index in [-0.39, 0.29) is 64.0 Å². The van der Waals surface area contributed by atoms with Crippen LogP contribution in [0.15, 0.2) is 45.0 Å². The average molecular weight is 494 g/mol. The molecule has 1 N–H and O–H groups in total. The van der Waals surface area contributed by atoms with Gasteiger partial charge in [0.1, 0.15) is 6.04 Å². The number of hydrogen-bond donors (Lipinski definition) is 1. The van der Waals surface area contributed by atoms with Crippen LogP contribution in [0.4, 0.5) is 0 Å². The summed E-state index contributed by atoms with van der Waals surface area (Å²) >= 11 is 0. The highest BCUT2D eigenvalue weighted by molar-refractivity contribution is 6.26. The van der Waals surface area contributed by atoms with Crippen LogP contribution in [0.25, 0.3) is 0 Å². The van der Waals surface area contributed by atoms with Crippen molar-refractivity contribution in [1.29, 1.82) is 5.26 Å². The Morgan fingerprint density at radius 3 is 1.89 bits per heavy atom. The summed E-state index contributed by atoms with van der Waals surface area (Å²) in [5.41, 5.74) is 1.47. The maximum atomic E-state index is 13.6. The topological polar surface area (TPSA) is 137 Å². The fourth-order valence-corrected chi connectivity index (χ4v) is 6.79. The van der Waals surface area contributed by atoms with Gasteiger partial charge in [-0.1, -0.05) is 0 Å². The maximum Gasteiger partial charge on any atom is 0.226 e. The summed E-state index contributed by atoms with van der Waals surface area (Å²) < 4.78 is 10.5. The van der Waals surface area contributed by atoms with Crippen LogP contribution in [0.2, 0.25) is 0 Å². The first-order valence-corrected chi connectivity index (χ1v) is 11.8. The van der Waals surface area contributed by atoms with Gasteiger partial charge in [-0.3, -0.25) is 29.0 Å². The Labute approximate surface area is 208 Å². The zero-order valence-electron chi connectivity index (χ0n) is 20.7. The van der Waals surface area contributed by atoms with E-state index in [1.165, 1.54) is 21.1 Å². The summed E-state index contributed by atoms with van der Waals surface area (Å²) in [7, 11) is 4.46. The predicted molar refractivity (Wildman–Crippen MR) is 124 cm³/mol. The van der Waals surface area contributed by atoms with Crippen molar-refractivity contribution in [2.75, 3.05) is 27.9 Å². The number of aliphatic hydroxyl groups excluding tert-OH is 1. The average Bonchev–Trinajstić information content (AvgIpc) is 2.86. The van der Waals surface area contributed by atoms with E-state index in [1.54, 1.807) is 18.9 Å². The molecule has 0 aromatic carbocycles. The lowest BCUT2D eigenvalue weighted by Gasteiger charge is -2.60. The Bertz CT molecular complexity index is 1310. The number of piperazine rings is 1. The van der Waals surface area contributed by atoms with Gasteiger partial charge in [-0.05, 0) is 33.7 Å². The molecule has 10 heteroatoms. The molecule has 3 aliphatic heterocycles. The van der Waals surface area contributed by atoms with E-state index in [0.717, 1.165) is 0 Å². The number of aliphatic hydroxyl groups is 1. The lowest BCUT2D eigenvalue weighted by atomic mass is 9.67. The third-order valence-electron chi connectivity index (χ3n) is 8.39. The van der Waals surface area contributed by atoms with Crippen LogP contribution >= 0.6 is 0 Å². The van der Waals surface area contributed by atoms with Gasteiger partial charge in [0, 0.05) is 45.5 Å². The molecule has 188 valence electrons. The molecule has 1 fully saturated rings. The lowest BCUT2D eigenvalue weighted by Crippen LogP contribution is -2.74. The molecule has 2 aliphatic carbocycles. The number of nitrogens with zero attached hydrogens (tertiary/aromatic N) is 3. The molecule has 0 aromatic heterocycles. The maximum absolute atomic E-state index is 13.6. The van der Waals surface area contributed by atoms with E-state index in [0.29, 0.717) is 11.1 Å². The Kier molecular flexibility index (Phi) is 5.63. The summed E-state index contributed by atoms with van der Waals surface area (Å²) in [5, 5.41) is 20.8. The third kappa shape index (κ3) is 2.88. The van der Waals surface area contributed by atoms with Gasteiger partial charge >= 0.3 is 0 Å². The summed E-state index contributed by atoms with van der Waals surface area (Å²) in [6.45, 7) is 2.57. The van der Waals surface area contributed by atoms with Gasteiger partial charge in [-0.25, -0.2) is 0 Å². The van der Waals surface area contributed by atoms with Crippen LogP contribution in [0.1, 0.15) is 26.7 Å². The normalized spacial score (nSPS) is 33.0. The molecule has 5 atom stereocenters. The first kappa shape index (κ1) is 24.3. The van der Waals surface area contributed by atoms with Crippen molar-refractivity contribution in [3.63, 3.8) is 0 Å². The molecule has 0 aromatic rings. The second-order valence-corrected chi connectivity index (χ2v) is 9.79. The zero-order valence-corrected chi connectivity index (χ0v) is 20.7. The molecule has 1 saturated heterocycles. The number of Topliss-reactive ketones (excluding diaryl/α,β-unsaturated/α-hetero) is 4. The largest absolute Gasteiger partial charge is 0.492 e. The summed E-state index contributed by atoms with van der Waals surface area (Å²) in [6, 6.07) is -1.14. The zero-order chi connectivity index (χ0) is 26.2. The molecule has 1 unspecified atom stereocenters. The van der Waals surface area contributed by atoms with E-state index in [2.05, 4.69) is 6.07 Å². The number of ketones is 4. The van der Waals surface area contributed by atoms with Gasteiger partial charge in [0.05, 0.1) is 39.0 Å². The monoisotopic (exact) mass is 493 g/mol. The highest BCUT2D eigenvalue weighted by Gasteiger charge is 2.59. The Hall–Kier alpha value is -3.39. The van der Waals surface area contributed by atoms with E-state index < -0.39 is 42.6 Å². The number of carbonyl (C=O) groups excluding carboxylic acids is 4. The molecule has 0 amide bonds. The van der Waals surface area contributed by atoms with Crippen LogP contribution in [-0.2, 0) is 28.7 Å². The number of rotatable bonds is 3. The van der Waals surface area contributed by atoms with Crippen LogP contribution in [0.3, 0.4) is 0 Å². The van der Waals surface area contributed by atoms with Gasteiger partial charge in [0.25, 0.3) is 0 Å². The van der Waals surface area contributed by atoms with Crippen molar-refractivity contribution < 1.29 is 33.8 Å². The molecule has 0 saturated carbocycles. The summed E-state index contributed by atoms with van der Waals surface area (Å²) in [5.74, 6) is -1.59. The van der Waals surface area contributed by atoms with E-state index in [1.807, 2.05) is 4.90 Å². The minimum absolute atomic E-state index is 0.0126. The molecule has 5 aliphatic rings. The number of hydrogen-bond acceptors (Lipinski definition) is 10. The smallest absolute Gasteiger partial charge is 0.226 e. The number of ether oxygens (including phenoxy) is 2. The van der Waals surface area contributed by atoms with Crippen LogP contribution < -0.4 is 0 Å². The molecule has 0 radical (unpaired) electrons. The number of allylic oxidation sites excluding steroid dienone is 4. The van der Waals surface area contributed by atoms with E-state index in [9.17, 15) is 29.5 Å². The van der Waals surface area contributed by atoms with Gasteiger partial charge in [0.15, 0.2) is 23.1 Å². The van der Waals surface area contributed by atoms with Crippen LogP contribution in [0, 0.1) is 11.3 Å². The van der Waals surface area contributed by atoms with Crippen LogP contribution in [0.5, 0.6) is 0 Å². The van der Waals surface area contributed by atoms with Crippen molar-refractivity contribution in [2.24, 2.45) is 0 Å². The molecule has 0 spiro atoms. The highest BCUT2D eigenvalue weighted by atomic mass is 16.5. The quantitative estimate of drug-likeness (QED) is 0.540. The highest BCUT2D eigenvalue weighted by Crippen LogP contribution is 2.48. The summed E-state index contributed by atoms with van der Waals surface area (Å²) in [4.78, 5) is 57.3. The Morgan fingerprint density at radius 1 is 0.889 bits per heavy atom. The molecular weight excluding hydrogens is 466 g/mol. The second-order valence-electron chi connectivity index (χ2n) is 9.79. The van der Waals surface area contributed by atoms with Crippen molar-refractivity contribution in [3.05, 3.63) is 45.0 Å². The van der Waals surface area contributed by atoms with Crippen LogP contribution in [-0.4, -0.2) is 96.1 Å². The Balaban J connectivity index is 1.72. The minimum atomic E-state index is -0.937. The predicted octanol–water partition coefficient (Wildman–Crippen LogP) is 0.138. The van der Waals surface area contributed by atoms with E-state index >= 15 is 0 Å². The second kappa shape index (κ2) is 8.34. The van der Waals surface area contributed by atoms with Crippen molar-refractivity contribution in [2.45, 2.75) is 56.9 Å². The standard InChI is InChI=1S/C26H27N3O7/c1-10-21(31)12-7-15-20-19-13(22(32)11(2)26(36-5)24(19)34)6-14(28(20)3)16(8-27)29(15)17(9-30)18(12)23(33)25(10)35-4/h14-17,20,30H,6-7,9H2,1-5H3/t14-,15?,16-,17-,20-/m0/s1. The van der Waals surface area contributed by atoms with Gasteiger partial charge < -0.3 is 14.6 Å². The number of fused-ring (bicyclic) bond motifs is 5. The molecule has 3 heterocycles. The number of carbonyl (C=O) groups is 4. The van der Waals surface area contributed by atoms with E-state index in [4.69, 9.17) is 9.47 Å². The van der Waals surface area contributed by atoms with Crippen molar-refractivity contribution in [3.8, 4) is 6.07 Å². The summed E-state index contributed by atoms with van der Waals surface area (Å²) in [6.07, 6.45) is 0.246. The number of methoxy groups -OCH3 is 2. The minimum Gasteiger partial charge on any atom is -0.492 e. The molecule has 5 rings (SSSR count). The van der Waals surface area contributed by atoms with Gasteiger partial charge in [-0.2, -0.15) is 5.26 Å². The molecule has 10 nitrogen and oxygen atoms in total. The molecule has 2 bridgehead atoms. The van der Waals surface area contributed by atoms with Crippen molar-refractivity contribution >= 4 is 23.1 Å². The molecular formula is C26H27N3O7. The SMILES string of the molecule is COC1=C(C)C(=O)C2=C(C1=O)[C@@H]1C3CC4=C(C(=O)C(OC)=C(C)C4=O)[C@H](CO)N3[C@@H](C#N)[C@H](C2)N1C. The number of nitriles is 1.